The first kappa shape index (κ1) is 14.1. The van der Waals surface area contributed by atoms with Crippen molar-refractivity contribution in [2.24, 2.45) is 0 Å². The molecule has 0 atom stereocenters. The van der Waals surface area contributed by atoms with Crippen molar-refractivity contribution in [3.8, 4) is 11.1 Å². The van der Waals surface area contributed by atoms with Crippen LogP contribution in [0.4, 0.5) is 17.6 Å². The molecule has 0 aliphatic heterocycles. The highest BCUT2D eigenvalue weighted by Gasteiger charge is 2.20. The van der Waals surface area contributed by atoms with E-state index in [0.29, 0.717) is 23.7 Å². The minimum atomic E-state index is -1.50. The maximum absolute atomic E-state index is 13.7. The van der Waals surface area contributed by atoms with Crippen LogP contribution in [0.25, 0.3) is 11.1 Å². The van der Waals surface area contributed by atoms with Gasteiger partial charge in [0.15, 0.2) is 17.5 Å². The van der Waals surface area contributed by atoms with Crippen molar-refractivity contribution in [2.75, 3.05) is 0 Å². The van der Waals surface area contributed by atoms with Gasteiger partial charge in [0, 0.05) is 18.2 Å². The maximum Gasteiger partial charge on any atom is 0.194 e. The lowest BCUT2D eigenvalue weighted by Crippen LogP contribution is -2.16. The first-order valence-electron chi connectivity index (χ1n) is 6.71. The monoisotopic (exact) mass is 295 g/mol. The Morgan fingerprint density at radius 3 is 2.14 bits per heavy atom. The van der Waals surface area contributed by atoms with Gasteiger partial charge < -0.3 is 5.32 Å². The average Bonchev–Trinajstić information content (AvgIpc) is 3.27. The third-order valence-electron chi connectivity index (χ3n) is 3.52. The van der Waals surface area contributed by atoms with E-state index in [-0.39, 0.29) is 11.4 Å². The SMILES string of the molecule is Fc1ccc(-c2cc(F)c(F)c(F)c2)cc1CNC1CC1. The van der Waals surface area contributed by atoms with Crippen LogP contribution in [-0.4, -0.2) is 6.04 Å². The van der Waals surface area contributed by atoms with Crippen molar-refractivity contribution in [2.45, 2.75) is 25.4 Å². The van der Waals surface area contributed by atoms with E-state index in [4.69, 9.17) is 0 Å². The minimum absolute atomic E-state index is 0.180. The van der Waals surface area contributed by atoms with E-state index in [9.17, 15) is 17.6 Å². The van der Waals surface area contributed by atoms with Crippen LogP contribution in [-0.2, 0) is 6.54 Å². The molecule has 1 aliphatic carbocycles. The van der Waals surface area contributed by atoms with Gasteiger partial charge in [-0.1, -0.05) is 6.07 Å². The highest BCUT2D eigenvalue weighted by Crippen LogP contribution is 2.26. The van der Waals surface area contributed by atoms with Gasteiger partial charge in [-0.25, -0.2) is 17.6 Å². The van der Waals surface area contributed by atoms with Crippen molar-refractivity contribution in [3.05, 3.63) is 59.2 Å². The van der Waals surface area contributed by atoms with E-state index in [1.54, 1.807) is 0 Å². The molecule has 1 fully saturated rings. The summed E-state index contributed by atoms with van der Waals surface area (Å²) >= 11 is 0. The topological polar surface area (TPSA) is 12.0 Å². The van der Waals surface area contributed by atoms with Crippen molar-refractivity contribution in [3.63, 3.8) is 0 Å². The summed E-state index contributed by atoms with van der Waals surface area (Å²) in [5.74, 6) is -4.40. The quantitative estimate of drug-likeness (QED) is 0.659. The molecule has 0 amide bonds. The Hall–Kier alpha value is -1.88. The largest absolute Gasteiger partial charge is 0.310 e. The summed E-state index contributed by atoms with van der Waals surface area (Å²) in [6.07, 6.45) is 2.16. The van der Waals surface area contributed by atoms with Gasteiger partial charge in [-0.15, -0.1) is 0 Å². The molecule has 1 N–H and O–H groups in total. The molecule has 21 heavy (non-hydrogen) atoms. The number of rotatable bonds is 4. The molecule has 2 aromatic carbocycles. The summed E-state index contributed by atoms with van der Waals surface area (Å²) in [7, 11) is 0. The fourth-order valence-electron chi connectivity index (χ4n) is 2.15. The molecule has 0 spiro atoms. The molecule has 5 heteroatoms. The van der Waals surface area contributed by atoms with Gasteiger partial charge in [-0.3, -0.25) is 0 Å². The fraction of sp³-hybridized carbons (Fsp3) is 0.250. The normalized spacial score (nSPS) is 14.5. The second-order valence-corrected chi connectivity index (χ2v) is 5.22. The van der Waals surface area contributed by atoms with Gasteiger partial charge in [-0.2, -0.15) is 0 Å². The van der Waals surface area contributed by atoms with Gasteiger partial charge in [-0.05, 0) is 48.2 Å². The molecule has 110 valence electrons. The second-order valence-electron chi connectivity index (χ2n) is 5.22. The molecule has 0 saturated heterocycles. The lowest BCUT2D eigenvalue weighted by molar-refractivity contribution is 0.447. The predicted molar refractivity (Wildman–Crippen MR) is 71.6 cm³/mol. The number of hydrogen-bond acceptors (Lipinski definition) is 1. The molecule has 0 bridgehead atoms. The smallest absolute Gasteiger partial charge is 0.194 e. The molecule has 0 unspecified atom stereocenters. The van der Waals surface area contributed by atoms with Gasteiger partial charge >= 0.3 is 0 Å². The molecule has 0 aromatic heterocycles. The zero-order valence-electron chi connectivity index (χ0n) is 11.1. The molecule has 2 aromatic rings. The molecule has 0 radical (unpaired) electrons. The summed E-state index contributed by atoms with van der Waals surface area (Å²) < 4.78 is 53.2. The van der Waals surface area contributed by atoms with Crippen LogP contribution in [0.1, 0.15) is 18.4 Å². The van der Waals surface area contributed by atoms with Crippen LogP contribution in [0.2, 0.25) is 0 Å². The summed E-state index contributed by atoms with van der Waals surface area (Å²) in [4.78, 5) is 0. The summed E-state index contributed by atoms with van der Waals surface area (Å²) in [6, 6.07) is 6.43. The van der Waals surface area contributed by atoms with Crippen molar-refractivity contribution in [1.82, 2.24) is 5.32 Å². The van der Waals surface area contributed by atoms with E-state index in [0.717, 1.165) is 25.0 Å². The maximum atomic E-state index is 13.7. The standard InChI is InChI=1S/C16H13F4N/c17-13-4-1-9(5-11(13)8-21-12-2-3-12)10-6-14(18)16(20)15(19)7-10/h1,4-7,12,21H,2-3,8H2. The Labute approximate surface area is 119 Å². The van der Waals surface area contributed by atoms with E-state index < -0.39 is 17.5 Å². The molecule has 0 heterocycles. The van der Waals surface area contributed by atoms with E-state index in [1.165, 1.54) is 18.2 Å². The van der Waals surface area contributed by atoms with Crippen LogP contribution in [0.15, 0.2) is 30.3 Å². The molecular weight excluding hydrogens is 282 g/mol. The fourth-order valence-corrected chi connectivity index (χ4v) is 2.15. The van der Waals surface area contributed by atoms with Gasteiger partial charge in [0.1, 0.15) is 5.82 Å². The number of halogens is 4. The Kier molecular flexibility index (Phi) is 3.68. The van der Waals surface area contributed by atoms with Gasteiger partial charge in [0.05, 0.1) is 0 Å². The zero-order chi connectivity index (χ0) is 15.0. The highest BCUT2D eigenvalue weighted by molar-refractivity contribution is 5.64. The zero-order valence-corrected chi connectivity index (χ0v) is 11.1. The number of nitrogens with one attached hydrogen (secondary N) is 1. The van der Waals surface area contributed by atoms with Gasteiger partial charge in [0.25, 0.3) is 0 Å². The Bertz CT molecular complexity index is 657. The van der Waals surface area contributed by atoms with Crippen molar-refractivity contribution < 1.29 is 17.6 Å². The Balaban J connectivity index is 1.92. The van der Waals surface area contributed by atoms with E-state index in [1.807, 2.05) is 0 Å². The van der Waals surface area contributed by atoms with Crippen LogP contribution in [0, 0.1) is 23.3 Å². The minimum Gasteiger partial charge on any atom is -0.310 e. The number of benzene rings is 2. The third-order valence-corrected chi connectivity index (χ3v) is 3.52. The van der Waals surface area contributed by atoms with E-state index in [2.05, 4.69) is 5.32 Å². The first-order valence-corrected chi connectivity index (χ1v) is 6.71. The highest BCUT2D eigenvalue weighted by atomic mass is 19.2. The summed E-state index contributed by atoms with van der Waals surface area (Å²) in [5, 5.41) is 3.18. The van der Waals surface area contributed by atoms with Crippen molar-refractivity contribution in [1.29, 1.82) is 0 Å². The second kappa shape index (κ2) is 5.48. The lowest BCUT2D eigenvalue weighted by atomic mass is 10.0. The summed E-state index contributed by atoms with van der Waals surface area (Å²) in [5.41, 5.74) is 1.05. The van der Waals surface area contributed by atoms with Crippen LogP contribution in [0.5, 0.6) is 0 Å². The summed E-state index contributed by atoms with van der Waals surface area (Å²) in [6.45, 7) is 0.358. The molecule has 1 saturated carbocycles. The Morgan fingerprint density at radius 2 is 1.52 bits per heavy atom. The average molecular weight is 295 g/mol. The molecule has 1 aliphatic rings. The van der Waals surface area contributed by atoms with Crippen molar-refractivity contribution >= 4 is 0 Å². The predicted octanol–water partition coefficient (Wildman–Crippen LogP) is 4.16. The van der Waals surface area contributed by atoms with E-state index >= 15 is 0 Å². The molecule has 1 nitrogen and oxygen atoms in total. The van der Waals surface area contributed by atoms with Crippen LogP contribution >= 0.6 is 0 Å². The van der Waals surface area contributed by atoms with Gasteiger partial charge in [0.2, 0.25) is 0 Å². The number of hydrogen-bond donors (Lipinski definition) is 1. The molecular formula is C16H13F4N. The van der Waals surface area contributed by atoms with Crippen LogP contribution < -0.4 is 5.32 Å². The molecule has 3 rings (SSSR count). The lowest BCUT2D eigenvalue weighted by Gasteiger charge is -2.09. The third kappa shape index (κ3) is 3.08. The first-order chi connectivity index (χ1) is 10.0. The van der Waals surface area contributed by atoms with Crippen LogP contribution in [0.3, 0.4) is 0 Å². The Morgan fingerprint density at radius 1 is 0.857 bits per heavy atom.